The van der Waals surface area contributed by atoms with Crippen LogP contribution in [-0.2, 0) is 0 Å². The molecule has 0 bridgehead atoms. The fraction of sp³-hybridized carbons (Fsp3) is 0.562. The van der Waals surface area contributed by atoms with E-state index in [0.29, 0.717) is 0 Å². The monoisotopic (exact) mass is 291 g/mol. The molecule has 1 aromatic rings. The lowest BCUT2D eigenvalue weighted by Crippen LogP contribution is -2.39. The summed E-state index contributed by atoms with van der Waals surface area (Å²) in [6.45, 7) is 8.37. The smallest absolute Gasteiger partial charge is 0.193 e. The summed E-state index contributed by atoms with van der Waals surface area (Å²) < 4.78 is 0. The first-order valence-corrected chi connectivity index (χ1v) is 8.51. The molecule has 2 rings (SSSR count). The van der Waals surface area contributed by atoms with Crippen molar-refractivity contribution in [3.8, 4) is 0 Å². The van der Waals surface area contributed by atoms with Crippen LogP contribution in [0, 0.1) is 6.92 Å². The summed E-state index contributed by atoms with van der Waals surface area (Å²) in [7, 11) is 0. The third kappa shape index (κ3) is 4.75. The molecule has 1 saturated heterocycles. The van der Waals surface area contributed by atoms with E-state index in [-0.39, 0.29) is 0 Å². The molecule has 110 valence electrons. The summed E-state index contributed by atoms with van der Waals surface area (Å²) in [6, 6.07) is 8.71. The van der Waals surface area contributed by atoms with Crippen LogP contribution >= 0.6 is 11.8 Å². The van der Waals surface area contributed by atoms with Gasteiger partial charge in [-0.1, -0.05) is 17.7 Å². The van der Waals surface area contributed by atoms with Crippen LogP contribution in [0.25, 0.3) is 0 Å². The molecule has 0 aromatic heterocycles. The quantitative estimate of drug-likeness (QED) is 0.391. The molecular formula is C16H25N3S. The number of rotatable bonds is 5. The topological polar surface area (TPSA) is 27.6 Å². The zero-order valence-electron chi connectivity index (χ0n) is 12.6. The van der Waals surface area contributed by atoms with E-state index >= 15 is 0 Å². The van der Waals surface area contributed by atoms with Crippen molar-refractivity contribution in [2.24, 2.45) is 4.99 Å². The Hall–Kier alpha value is -1.16. The van der Waals surface area contributed by atoms with Crippen LogP contribution in [0.1, 0.15) is 25.3 Å². The fourth-order valence-corrected chi connectivity index (χ4v) is 3.05. The maximum absolute atomic E-state index is 4.74. The van der Waals surface area contributed by atoms with Gasteiger partial charge in [0, 0.05) is 30.3 Å². The molecule has 0 spiro atoms. The Morgan fingerprint density at radius 3 is 2.60 bits per heavy atom. The van der Waals surface area contributed by atoms with Gasteiger partial charge in [0.2, 0.25) is 0 Å². The molecule has 1 aliphatic heterocycles. The molecule has 1 heterocycles. The minimum absolute atomic E-state index is 0.872. The van der Waals surface area contributed by atoms with Gasteiger partial charge in [-0.25, -0.2) is 0 Å². The maximum atomic E-state index is 4.74. The molecule has 3 nitrogen and oxygen atoms in total. The van der Waals surface area contributed by atoms with Gasteiger partial charge >= 0.3 is 0 Å². The average Bonchev–Trinajstić information content (AvgIpc) is 2.98. The number of guanidine groups is 1. The van der Waals surface area contributed by atoms with Gasteiger partial charge in [0.25, 0.3) is 0 Å². The zero-order valence-corrected chi connectivity index (χ0v) is 13.4. The van der Waals surface area contributed by atoms with Crippen molar-refractivity contribution in [1.82, 2.24) is 10.2 Å². The zero-order chi connectivity index (χ0) is 14.2. The van der Waals surface area contributed by atoms with E-state index in [1.54, 1.807) is 0 Å². The first-order chi connectivity index (χ1) is 9.79. The van der Waals surface area contributed by atoms with Crippen LogP contribution < -0.4 is 5.32 Å². The summed E-state index contributed by atoms with van der Waals surface area (Å²) >= 11 is 1.88. The Kier molecular flexibility index (Phi) is 6.25. The van der Waals surface area contributed by atoms with E-state index < -0.39 is 0 Å². The number of nitrogens with zero attached hydrogens (tertiary/aromatic N) is 2. The minimum Gasteiger partial charge on any atom is -0.357 e. The fourth-order valence-electron chi connectivity index (χ4n) is 2.30. The van der Waals surface area contributed by atoms with Gasteiger partial charge in [-0.3, -0.25) is 4.99 Å². The van der Waals surface area contributed by atoms with Gasteiger partial charge in [-0.15, -0.1) is 11.8 Å². The molecule has 20 heavy (non-hydrogen) atoms. The lowest BCUT2D eigenvalue weighted by Gasteiger charge is -2.20. The van der Waals surface area contributed by atoms with E-state index in [2.05, 4.69) is 48.3 Å². The Bertz CT molecular complexity index is 422. The van der Waals surface area contributed by atoms with Crippen molar-refractivity contribution in [1.29, 1.82) is 0 Å². The minimum atomic E-state index is 0.872. The second-order valence-electron chi connectivity index (χ2n) is 5.09. The number of nitrogens with one attached hydrogen (secondary N) is 1. The number of aliphatic imine (C=N–C) groups is 1. The number of likely N-dealkylation sites (tertiary alicyclic amines) is 1. The number of hydrogen-bond donors (Lipinski definition) is 1. The van der Waals surface area contributed by atoms with Crippen molar-refractivity contribution >= 4 is 17.7 Å². The van der Waals surface area contributed by atoms with Crippen LogP contribution in [0.3, 0.4) is 0 Å². The van der Waals surface area contributed by atoms with Crippen molar-refractivity contribution in [3.63, 3.8) is 0 Å². The maximum Gasteiger partial charge on any atom is 0.193 e. The molecule has 1 fully saturated rings. The Balaban J connectivity index is 1.79. The highest BCUT2D eigenvalue weighted by Crippen LogP contribution is 2.18. The molecule has 0 atom stereocenters. The Labute approximate surface area is 126 Å². The van der Waals surface area contributed by atoms with Gasteiger partial charge in [-0.05, 0) is 38.8 Å². The van der Waals surface area contributed by atoms with Crippen LogP contribution in [0.5, 0.6) is 0 Å². The highest BCUT2D eigenvalue weighted by Gasteiger charge is 2.14. The van der Waals surface area contributed by atoms with Gasteiger partial charge < -0.3 is 10.2 Å². The third-order valence-corrected chi connectivity index (χ3v) is 4.38. The molecule has 1 N–H and O–H groups in total. The summed E-state index contributed by atoms with van der Waals surface area (Å²) in [5.74, 6) is 2.13. The Morgan fingerprint density at radius 2 is 1.95 bits per heavy atom. The van der Waals surface area contributed by atoms with Gasteiger partial charge in [-0.2, -0.15) is 0 Å². The van der Waals surface area contributed by atoms with Crippen molar-refractivity contribution in [2.45, 2.75) is 31.6 Å². The second-order valence-corrected chi connectivity index (χ2v) is 6.26. The van der Waals surface area contributed by atoms with Crippen LogP contribution in [0.15, 0.2) is 34.2 Å². The SMILES string of the molecule is CCNC(=NCCSc1ccc(C)cc1)N1CCCC1. The normalized spacial score (nSPS) is 15.7. The average molecular weight is 291 g/mol. The summed E-state index contributed by atoms with van der Waals surface area (Å²) in [6.07, 6.45) is 2.59. The van der Waals surface area contributed by atoms with E-state index in [0.717, 1.165) is 37.9 Å². The number of thioether (sulfide) groups is 1. The lowest BCUT2D eigenvalue weighted by atomic mass is 10.2. The first-order valence-electron chi connectivity index (χ1n) is 7.52. The second kappa shape index (κ2) is 8.20. The number of aryl methyl sites for hydroxylation is 1. The molecule has 0 radical (unpaired) electrons. The molecule has 4 heteroatoms. The number of hydrogen-bond acceptors (Lipinski definition) is 2. The predicted octanol–water partition coefficient (Wildman–Crippen LogP) is 3.15. The van der Waals surface area contributed by atoms with Crippen LogP contribution in [-0.4, -0.2) is 42.8 Å². The van der Waals surface area contributed by atoms with Gasteiger partial charge in [0.15, 0.2) is 5.96 Å². The predicted molar refractivity (Wildman–Crippen MR) is 88.7 cm³/mol. The van der Waals surface area contributed by atoms with E-state index in [9.17, 15) is 0 Å². The van der Waals surface area contributed by atoms with Crippen LogP contribution in [0.4, 0.5) is 0 Å². The third-order valence-electron chi connectivity index (χ3n) is 3.38. The molecule has 1 aliphatic rings. The summed E-state index contributed by atoms with van der Waals surface area (Å²) in [5, 5.41) is 3.40. The Morgan fingerprint density at radius 1 is 1.25 bits per heavy atom. The molecule has 0 unspecified atom stereocenters. The number of benzene rings is 1. The van der Waals surface area contributed by atoms with Crippen molar-refractivity contribution in [2.75, 3.05) is 31.9 Å². The first kappa shape index (κ1) is 15.2. The van der Waals surface area contributed by atoms with Crippen molar-refractivity contribution in [3.05, 3.63) is 29.8 Å². The highest BCUT2D eigenvalue weighted by atomic mass is 32.2. The van der Waals surface area contributed by atoms with E-state index in [4.69, 9.17) is 4.99 Å². The van der Waals surface area contributed by atoms with Gasteiger partial charge in [0.1, 0.15) is 0 Å². The standard InChI is InChI=1S/C16H25N3S/c1-3-17-16(19-11-4-5-12-19)18-10-13-20-15-8-6-14(2)7-9-15/h6-9H,3-5,10-13H2,1-2H3,(H,17,18). The summed E-state index contributed by atoms with van der Waals surface area (Å²) in [5.41, 5.74) is 1.32. The molecular weight excluding hydrogens is 266 g/mol. The molecule has 0 saturated carbocycles. The summed E-state index contributed by atoms with van der Waals surface area (Å²) in [4.78, 5) is 8.44. The van der Waals surface area contributed by atoms with E-state index in [1.165, 1.54) is 23.3 Å². The largest absolute Gasteiger partial charge is 0.357 e. The molecule has 1 aromatic carbocycles. The lowest BCUT2D eigenvalue weighted by molar-refractivity contribution is 0.494. The van der Waals surface area contributed by atoms with Gasteiger partial charge in [0.05, 0.1) is 6.54 Å². The molecule has 0 amide bonds. The van der Waals surface area contributed by atoms with Crippen molar-refractivity contribution < 1.29 is 0 Å². The molecule has 0 aliphatic carbocycles. The van der Waals surface area contributed by atoms with E-state index in [1.807, 2.05) is 11.8 Å². The van der Waals surface area contributed by atoms with Crippen LogP contribution in [0.2, 0.25) is 0 Å². The highest BCUT2D eigenvalue weighted by molar-refractivity contribution is 7.99.